The van der Waals surface area contributed by atoms with E-state index in [2.05, 4.69) is 27.7 Å². The number of hydrogen-bond donors (Lipinski definition) is 3. The predicted molar refractivity (Wildman–Crippen MR) is 148 cm³/mol. The van der Waals surface area contributed by atoms with Crippen LogP contribution in [0.15, 0.2) is 48.8 Å². The lowest BCUT2D eigenvalue weighted by atomic mass is 10.0. The van der Waals surface area contributed by atoms with Crippen molar-refractivity contribution in [2.45, 2.75) is 24.1 Å². The monoisotopic (exact) mass is 565 g/mol. The molecule has 3 heterocycles. The number of carbonyl (C=O) groups is 1. The number of alkyl halides is 4. The first-order chi connectivity index (χ1) is 18.4. The van der Waals surface area contributed by atoms with Gasteiger partial charge >= 0.3 is 6.18 Å². The number of nitrogens with zero attached hydrogens (tertiary/aromatic N) is 4. The van der Waals surface area contributed by atoms with E-state index in [0.29, 0.717) is 35.6 Å². The second kappa shape index (κ2) is 11.8. The number of rotatable bonds is 7. The summed E-state index contributed by atoms with van der Waals surface area (Å²) in [6.07, 6.45) is 0.617. The zero-order valence-corrected chi connectivity index (χ0v) is 22.7. The number of fused-ring (bicyclic) bond motifs is 1. The number of benzene rings is 1. The highest BCUT2D eigenvalue weighted by atomic mass is 32.2. The van der Waals surface area contributed by atoms with Crippen LogP contribution in [-0.2, 0) is 4.79 Å². The number of amides is 1. The van der Waals surface area contributed by atoms with Crippen molar-refractivity contribution >= 4 is 45.8 Å². The molecule has 2 atom stereocenters. The molecule has 0 aliphatic carbocycles. The normalized spacial score (nSPS) is 20.8. The van der Waals surface area contributed by atoms with Gasteiger partial charge in [0, 0.05) is 55.7 Å². The molecule has 39 heavy (non-hydrogen) atoms. The third-order valence-electron chi connectivity index (χ3n) is 6.34. The van der Waals surface area contributed by atoms with Crippen molar-refractivity contribution in [3.05, 3.63) is 60.2 Å². The first-order valence-corrected chi connectivity index (χ1v) is 13.3. The van der Waals surface area contributed by atoms with Crippen LogP contribution in [0.25, 0.3) is 22.4 Å². The zero-order valence-electron chi connectivity index (χ0n) is 21.8. The summed E-state index contributed by atoms with van der Waals surface area (Å²) in [5.41, 5.74) is 1.52. The lowest BCUT2D eigenvalue weighted by Gasteiger charge is -2.22. The quantitative estimate of drug-likeness (QED) is 0.432. The highest BCUT2D eigenvalue weighted by Gasteiger charge is 2.35. The Balaban J connectivity index is 1.62. The lowest BCUT2D eigenvalue weighted by molar-refractivity contribution is -0.118. The van der Waals surface area contributed by atoms with Gasteiger partial charge in [0.2, 0.25) is 0 Å². The van der Waals surface area contributed by atoms with Gasteiger partial charge in [0.05, 0.1) is 23.0 Å². The highest BCUT2D eigenvalue weighted by Crippen LogP contribution is 2.38. The minimum Gasteiger partial charge on any atom is -0.378 e. The molecule has 8 nitrogen and oxygen atoms in total. The molecule has 210 valence electrons. The molecule has 4 rings (SSSR count). The Hall–Kier alpha value is -3.29. The first kappa shape index (κ1) is 28.7. The number of aromatic nitrogens is 1. The summed E-state index contributed by atoms with van der Waals surface area (Å²) in [5.74, 6) is 0.233. The van der Waals surface area contributed by atoms with Gasteiger partial charge in [-0.05, 0) is 31.7 Å². The van der Waals surface area contributed by atoms with Crippen LogP contribution in [0.5, 0.6) is 0 Å². The van der Waals surface area contributed by atoms with E-state index in [1.165, 1.54) is 17.8 Å². The van der Waals surface area contributed by atoms with E-state index in [1.54, 1.807) is 60.7 Å². The fourth-order valence-corrected chi connectivity index (χ4v) is 5.26. The number of hydrogen-bond acceptors (Lipinski definition) is 8. The molecule has 0 bridgehead atoms. The molecule has 0 spiro atoms. The van der Waals surface area contributed by atoms with Crippen molar-refractivity contribution in [3.8, 4) is 0 Å². The summed E-state index contributed by atoms with van der Waals surface area (Å²) in [6.45, 7) is 4.07. The minimum atomic E-state index is -4.69. The maximum absolute atomic E-state index is 14.9. The van der Waals surface area contributed by atoms with Crippen molar-refractivity contribution in [3.63, 3.8) is 0 Å². The first-order valence-electron chi connectivity index (χ1n) is 12.2. The number of likely N-dealkylation sites (N-methyl/N-ethyl adjacent to an activating group) is 1. The Bertz CT molecular complexity index is 1300. The molecule has 1 aromatic carbocycles. The Kier molecular flexibility index (Phi) is 8.72. The molecular weight excluding hydrogens is 534 g/mol. The standard InChI is InChI=1S/C26H31F4N7OS/c1-16(26(28,29)30)23-18-8-5-9-20(33-21-10-12-35(2)15-39-24(21)27)19(18)13-17(32-23)7-6-11-31-25(38)22-14-36(3)34-37(22)4/h5-9,13-14,21,24,33-34H,1,10-12,15H2,2-4H3,(H,31,38)/b7-6+/t21-,24+/m1/s1. The maximum Gasteiger partial charge on any atom is 0.417 e. The van der Waals surface area contributed by atoms with E-state index < -0.39 is 23.3 Å². The topological polar surface area (TPSA) is 75.8 Å². The van der Waals surface area contributed by atoms with Gasteiger partial charge in [-0.25, -0.2) is 9.37 Å². The van der Waals surface area contributed by atoms with E-state index in [0.717, 1.165) is 0 Å². The summed E-state index contributed by atoms with van der Waals surface area (Å²) in [7, 11) is 5.36. The third kappa shape index (κ3) is 6.84. The number of hydrazine groups is 2. The Morgan fingerprint density at radius 1 is 1.28 bits per heavy atom. The summed E-state index contributed by atoms with van der Waals surface area (Å²) < 4.78 is 56.0. The summed E-state index contributed by atoms with van der Waals surface area (Å²) in [5, 5.41) is 9.87. The summed E-state index contributed by atoms with van der Waals surface area (Å²) >= 11 is 1.18. The Morgan fingerprint density at radius 2 is 2.05 bits per heavy atom. The molecule has 13 heteroatoms. The second-order valence-electron chi connectivity index (χ2n) is 9.44. The van der Waals surface area contributed by atoms with Crippen molar-refractivity contribution in [1.29, 1.82) is 0 Å². The number of nitrogens with one attached hydrogen (secondary N) is 3. The molecule has 1 amide bonds. The van der Waals surface area contributed by atoms with Crippen molar-refractivity contribution < 1.29 is 22.4 Å². The molecule has 3 N–H and O–H groups in total. The highest BCUT2D eigenvalue weighted by molar-refractivity contribution is 7.99. The SMILES string of the molecule is C=C(c1nc(/C=C/CNC(=O)C2=CN(C)NN2C)cc2c(N[C@@H]3CCN(C)CS[C@@H]3F)cccc12)C(F)(F)F. The van der Waals surface area contributed by atoms with Crippen LogP contribution >= 0.6 is 11.8 Å². The van der Waals surface area contributed by atoms with Gasteiger partial charge in [-0.1, -0.05) is 24.8 Å². The predicted octanol–water partition coefficient (Wildman–Crippen LogP) is 4.18. The van der Waals surface area contributed by atoms with Crippen LogP contribution in [-0.4, -0.2) is 83.6 Å². The van der Waals surface area contributed by atoms with Crippen molar-refractivity contribution in [1.82, 2.24) is 30.8 Å². The van der Waals surface area contributed by atoms with Gasteiger partial charge in [0.15, 0.2) is 5.50 Å². The fourth-order valence-electron chi connectivity index (χ4n) is 4.30. The van der Waals surface area contributed by atoms with E-state index >= 15 is 0 Å². The van der Waals surface area contributed by atoms with Crippen molar-refractivity contribution in [2.24, 2.45) is 0 Å². The summed E-state index contributed by atoms with van der Waals surface area (Å²) in [6, 6.07) is 6.03. The van der Waals surface area contributed by atoms with Crippen LogP contribution in [0.3, 0.4) is 0 Å². The zero-order chi connectivity index (χ0) is 28.3. The van der Waals surface area contributed by atoms with Crippen LogP contribution < -0.4 is 16.2 Å². The van der Waals surface area contributed by atoms with Gasteiger partial charge in [-0.15, -0.1) is 17.3 Å². The third-order valence-corrected chi connectivity index (χ3v) is 7.58. The number of allylic oxidation sites excluding steroid dienone is 1. The molecule has 0 saturated carbocycles. The number of thioether (sulfide) groups is 1. The van der Waals surface area contributed by atoms with Crippen LogP contribution in [0.4, 0.5) is 23.2 Å². The molecule has 0 unspecified atom stereocenters. The average Bonchev–Trinajstić information content (AvgIpc) is 3.15. The summed E-state index contributed by atoms with van der Waals surface area (Å²) in [4.78, 5) is 18.7. The molecule has 2 aliphatic rings. The molecule has 1 saturated heterocycles. The molecule has 2 aliphatic heterocycles. The van der Waals surface area contributed by atoms with Crippen LogP contribution in [0.1, 0.15) is 17.8 Å². The minimum absolute atomic E-state index is 0.124. The maximum atomic E-state index is 14.9. The average molecular weight is 566 g/mol. The number of halogens is 4. The molecule has 0 radical (unpaired) electrons. The van der Waals surface area contributed by atoms with E-state index in [4.69, 9.17) is 0 Å². The number of pyridine rings is 1. The largest absolute Gasteiger partial charge is 0.417 e. The van der Waals surface area contributed by atoms with E-state index in [9.17, 15) is 22.4 Å². The smallest absolute Gasteiger partial charge is 0.378 e. The molecule has 1 fully saturated rings. The van der Waals surface area contributed by atoms with Gasteiger partial charge in [0.25, 0.3) is 5.91 Å². The molecule has 1 aromatic heterocycles. The molecular formula is C26H31F4N7OS. The van der Waals surface area contributed by atoms with Crippen LogP contribution in [0.2, 0.25) is 0 Å². The number of carbonyl (C=O) groups excluding carboxylic acids is 1. The van der Waals surface area contributed by atoms with E-state index in [-0.39, 0.29) is 29.2 Å². The second-order valence-corrected chi connectivity index (χ2v) is 10.5. The Labute approximate surface area is 228 Å². The van der Waals surface area contributed by atoms with Gasteiger partial charge in [-0.3, -0.25) is 19.7 Å². The van der Waals surface area contributed by atoms with Crippen molar-refractivity contribution in [2.75, 3.05) is 45.4 Å². The Morgan fingerprint density at radius 3 is 2.74 bits per heavy atom. The van der Waals surface area contributed by atoms with Gasteiger partial charge < -0.3 is 10.6 Å². The lowest BCUT2D eigenvalue weighted by Crippen LogP contribution is -2.39. The van der Waals surface area contributed by atoms with Gasteiger partial charge in [-0.2, -0.15) is 13.2 Å². The molecule has 2 aromatic rings. The van der Waals surface area contributed by atoms with Crippen LogP contribution in [0, 0.1) is 0 Å². The fraction of sp³-hybridized carbons (Fsp3) is 0.385. The van der Waals surface area contributed by atoms with E-state index in [1.807, 2.05) is 11.9 Å². The number of anilines is 1. The van der Waals surface area contributed by atoms with Gasteiger partial charge in [0.1, 0.15) is 5.70 Å².